The highest BCUT2D eigenvalue weighted by atomic mass is 35.5. The Balaban J connectivity index is 0.00000225. The van der Waals surface area contributed by atoms with E-state index in [4.69, 9.17) is 5.73 Å². The molecule has 1 aliphatic rings. The van der Waals surface area contributed by atoms with Gasteiger partial charge in [0.25, 0.3) is 0 Å². The largest absolute Gasteiger partial charge is 0.359 e. The lowest BCUT2D eigenvalue weighted by Crippen LogP contribution is -2.49. The van der Waals surface area contributed by atoms with Crippen LogP contribution in [-0.2, 0) is 4.79 Å². The van der Waals surface area contributed by atoms with Gasteiger partial charge in [-0.15, -0.1) is 12.4 Å². The molecule has 0 aromatic heterocycles. The molecule has 0 radical (unpaired) electrons. The van der Waals surface area contributed by atoms with Gasteiger partial charge in [0.15, 0.2) is 0 Å². The quantitative estimate of drug-likeness (QED) is 0.770. The van der Waals surface area contributed by atoms with Crippen molar-refractivity contribution in [2.45, 2.75) is 32.2 Å². The van der Waals surface area contributed by atoms with Gasteiger partial charge in [0.05, 0.1) is 0 Å². The number of piperidine rings is 1. The molecule has 96 valence electrons. The normalized spacial score (nSPS) is 19.0. The number of rotatable bonds is 3. The molecule has 1 aliphatic heterocycles. The van der Waals surface area contributed by atoms with E-state index in [9.17, 15) is 4.79 Å². The lowest BCUT2D eigenvalue weighted by molar-refractivity contribution is -0.125. The summed E-state index contributed by atoms with van der Waals surface area (Å²) in [4.78, 5) is 13.8. The number of likely N-dealkylation sites (tertiary alicyclic amines) is 1. The number of amides is 1. The predicted molar refractivity (Wildman–Crippen MR) is 68.7 cm³/mol. The van der Waals surface area contributed by atoms with Crippen LogP contribution in [0.2, 0.25) is 0 Å². The van der Waals surface area contributed by atoms with E-state index in [0.29, 0.717) is 0 Å². The number of hydrogen-bond acceptors (Lipinski definition) is 3. The average Bonchev–Trinajstić information content (AvgIpc) is 2.15. The van der Waals surface area contributed by atoms with Crippen molar-refractivity contribution in [1.82, 2.24) is 10.2 Å². The summed E-state index contributed by atoms with van der Waals surface area (Å²) in [5, 5.41) is 2.72. The van der Waals surface area contributed by atoms with E-state index in [1.54, 1.807) is 7.05 Å². The maximum atomic E-state index is 11.4. The first-order valence-corrected chi connectivity index (χ1v) is 5.65. The fourth-order valence-electron chi connectivity index (χ4n) is 2.13. The van der Waals surface area contributed by atoms with Gasteiger partial charge < -0.3 is 16.0 Å². The van der Waals surface area contributed by atoms with Crippen molar-refractivity contribution in [3.05, 3.63) is 0 Å². The molecule has 1 fully saturated rings. The Morgan fingerprint density at radius 1 is 1.44 bits per heavy atom. The third kappa shape index (κ3) is 5.14. The molecule has 1 saturated heterocycles. The summed E-state index contributed by atoms with van der Waals surface area (Å²) < 4.78 is 0. The Morgan fingerprint density at radius 2 is 1.94 bits per heavy atom. The Bertz CT molecular complexity index is 220. The van der Waals surface area contributed by atoms with Crippen molar-refractivity contribution < 1.29 is 4.79 Å². The van der Waals surface area contributed by atoms with Crippen molar-refractivity contribution in [2.24, 2.45) is 11.7 Å². The van der Waals surface area contributed by atoms with Crippen molar-refractivity contribution in [3.8, 4) is 0 Å². The van der Waals surface area contributed by atoms with Crippen LogP contribution in [-0.4, -0.2) is 43.0 Å². The number of nitrogens with zero attached hydrogens (tertiary/aromatic N) is 1. The first-order chi connectivity index (χ1) is 6.92. The molecule has 1 rings (SSSR count). The van der Waals surface area contributed by atoms with E-state index in [-0.39, 0.29) is 29.8 Å². The van der Waals surface area contributed by atoms with E-state index in [0.717, 1.165) is 32.5 Å². The van der Waals surface area contributed by atoms with Gasteiger partial charge in [-0.1, -0.05) is 0 Å². The molecule has 0 atom stereocenters. The molecule has 0 aliphatic carbocycles. The van der Waals surface area contributed by atoms with E-state index in [1.807, 2.05) is 13.8 Å². The van der Waals surface area contributed by atoms with E-state index < -0.39 is 0 Å². The van der Waals surface area contributed by atoms with E-state index >= 15 is 0 Å². The Labute approximate surface area is 104 Å². The van der Waals surface area contributed by atoms with Crippen molar-refractivity contribution in [1.29, 1.82) is 0 Å². The SMILES string of the molecule is CNC(=O)C1CCN(CC(C)(C)N)CC1.Cl. The van der Waals surface area contributed by atoms with Crippen molar-refractivity contribution >= 4 is 18.3 Å². The minimum absolute atomic E-state index is 0. The summed E-state index contributed by atoms with van der Waals surface area (Å²) in [6, 6.07) is 0. The Morgan fingerprint density at radius 3 is 2.31 bits per heavy atom. The molecule has 1 heterocycles. The summed E-state index contributed by atoms with van der Waals surface area (Å²) in [7, 11) is 1.71. The molecular formula is C11H24ClN3O. The highest BCUT2D eigenvalue weighted by Crippen LogP contribution is 2.18. The second kappa shape index (κ2) is 6.42. The third-order valence-corrected chi connectivity index (χ3v) is 2.84. The number of carbonyl (C=O) groups excluding carboxylic acids is 1. The average molecular weight is 250 g/mol. The fourth-order valence-corrected chi connectivity index (χ4v) is 2.13. The van der Waals surface area contributed by atoms with Crippen LogP contribution in [0.1, 0.15) is 26.7 Å². The van der Waals surface area contributed by atoms with Gasteiger partial charge >= 0.3 is 0 Å². The van der Waals surface area contributed by atoms with Gasteiger partial charge in [-0.05, 0) is 39.8 Å². The van der Waals surface area contributed by atoms with Gasteiger partial charge in [-0.3, -0.25) is 4.79 Å². The highest BCUT2D eigenvalue weighted by Gasteiger charge is 2.26. The van der Waals surface area contributed by atoms with Crippen LogP contribution in [0.5, 0.6) is 0 Å². The zero-order valence-corrected chi connectivity index (χ0v) is 11.3. The number of hydrogen-bond donors (Lipinski definition) is 2. The zero-order chi connectivity index (χ0) is 11.5. The van der Waals surface area contributed by atoms with Crippen molar-refractivity contribution in [3.63, 3.8) is 0 Å². The molecule has 1 amide bonds. The molecule has 5 heteroatoms. The topological polar surface area (TPSA) is 58.4 Å². The van der Waals surface area contributed by atoms with Gasteiger partial charge in [0.1, 0.15) is 0 Å². The number of nitrogens with two attached hydrogens (primary N) is 1. The lowest BCUT2D eigenvalue weighted by Gasteiger charge is -2.35. The van der Waals surface area contributed by atoms with Gasteiger partial charge in [-0.25, -0.2) is 0 Å². The number of carbonyl (C=O) groups is 1. The molecule has 3 N–H and O–H groups in total. The summed E-state index contributed by atoms with van der Waals surface area (Å²) in [6.07, 6.45) is 1.91. The van der Waals surface area contributed by atoms with Crippen LogP contribution in [0.4, 0.5) is 0 Å². The summed E-state index contributed by atoms with van der Waals surface area (Å²) >= 11 is 0. The van der Waals surface area contributed by atoms with Crippen LogP contribution in [0, 0.1) is 5.92 Å². The first-order valence-electron chi connectivity index (χ1n) is 5.65. The highest BCUT2D eigenvalue weighted by molar-refractivity contribution is 5.85. The molecule has 0 bridgehead atoms. The third-order valence-electron chi connectivity index (χ3n) is 2.84. The number of nitrogens with one attached hydrogen (secondary N) is 1. The van der Waals surface area contributed by atoms with Gasteiger partial charge in [0, 0.05) is 25.0 Å². The van der Waals surface area contributed by atoms with Gasteiger partial charge in [-0.2, -0.15) is 0 Å². The molecule has 0 spiro atoms. The van der Waals surface area contributed by atoms with Crippen LogP contribution in [0.15, 0.2) is 0 Å². The standard InChI is InChI=1S/C11H23N3O.ClH/c1-11(2,12)8-14-6-4-9(5-7-14)10(15)13-3;/h9H,4-8,12H2,1-3H3,(H,13,15);1H. The summed E-state index contributed by atoms with van der Waals surface area (Å²) in [6.45, 7) is 6.96. The molecular weight excluding hydrogens is 226 g/mol. The number of halogens is 1. The Hall–Kier alpha value is -0.320. The molecule has 0 unspecified atom stereocenters. The smallest absolute Gasteiger partial charge is 0.222 e. The maximum Gasteiger partial charge on any atom is 0.222 e. The molecule has 0 saturated carbocycles. The van der Waals surface area contributed by atoms with Crippen LogP contribution >= 0.6 is 12.4 Å². The van der Waals surface area contributed by atoms with Gasteiger partial charge in [0.2, 0.25) is 5.91 Å². The fraction of sp³-hybridized carbons (Fsp3) is 0.909. The minimum Gasteiger partial charge on any atom is -0.359 e. The summed E-state index contributed by atoms with van der Waals surface area (Å²) in [5.74, 6) is 0.383. The second-order valence-electron chi connectivity index (χ2n) is 5.15. The van der Waals surface area contributed by atoms with Crippen LogP contribution in [0.3, 0.4) is 0 Å². The van der Waals surface area contributed by atoms with E-state index in [2.05, 4.69) is 10.2 Å². The Kier molecular flexibility index (Phi) is 6.30. The summed E-state index contributed by atoms with van der Waals surface area (Å²) in [5.41, 5.74) is 5.83. The molecule has 0 aromatic rings. The second-order valence-corrected chi connectivity index (χ2v) is 5.15. The van der Waals surface area contributed by atoms with Crippen molar-refractivity contribution in [2.75, 3.05) is 26.7 Å². The van der Waals surface area contributed by atoms with E-state index in [1.165, 1.54) is 0 Å². The van der Waals surface area contributed by atoms with Crippen LogP contribution in [0.25, 0.3) is 0 Å². The molecule has 16 heavy (non-hydrogen) atoms. The molecule has 4 nitrogen and oxygen atoms in total. The lowest BCUT2D eigenvalue weighted by atomic mass is 9.94. The first kappa shape index (κ1) is 15.7. The van der Waals surface area contributed by atoms with Crippen LogP contribution < -0.4 is 11.1 Å². The molecule has 0 aromatic carbocycles. The zero-order valence-electron chi connectivity index (χ0n) is 10.5. The predicted octanol–water partition coefficient (Wildman–Crippen LogP) is 0.603. The monoisotopic (exact) mass is 249 g/mol. The minimum atomic E-state index is -0.139. The maximum absolute atomic E-state index is 11.4.